The van der Waals surface area contributed by atoms with E-state index in [1.54, 1.807) is 0 Å². The lowest BCUT2D eigenvalue weighted by Crippen LogP contribution is -2.21. The Kier molecular flexibility index (Phi) is 3.97. The molecule has 1 unspecified atom stereocenters. The van der Waals surface area contributed by atoms with Gasteiger partial charge in [0, 0.05) is 6.04 Å². The molecule has 0 bridgehead atoms. The van der Waals surface area contributed by atoms with Gasteiger partial charge in [0.1, 0.15) is 6.29 Å². The Labute approximate surface area is 56.2 Å². The van der Waals surface area contributed by atoms with Crippen molar-refractivity contribution in [2.45, 2.75) is 13.0 Å². The quantitative estimate of drug-likeness (QED) is 0.410. The summed E-state index contributed by atoms with van der Waals surface area (Å²) < 4.78 is 0. The zero-order chi connectivity index (χ0) is 7.28. The van der Waals surface area contributed by atoms with Crippen molar-refractivity contribution in [3.8, 4) is 0 Å². The SMILES string of the molecule is CC(C=CC=O)N(C)C. The fourth-order valence-corrected chi connectivity index (χ4v) is 0.378. The molecule has 9 heavy (non-hydrogen) atoms. The second-order valence-electron chi connectivity index (χ2n) is 2.23. The summed E-state index contributed by atoms with van der Waals surface area (Å²) in [5.74, 6) is 0. The van der Waals surface area contributed by atoms with E-state index in [-0.39, 0.29) is 0 Å². The first kappa shape index (κ1) is 8.37. The van der Waals surface area contributed by atoms with Gasteiger partial charge in [-0.3, -0.25) is 4.79 Å². The lowest BCUT2D eigenvalue weighted by atomic mass is 10.3. The first-order valence-corrected chi connectivity index (χ1v) is 2.97. The zero-order valence-corrected chi connectivity index (χ0v) is 6.16. The molecule has 2 nitrogen and oxygen atoms in total. The standard InChI is InChI=1S/C7H13NO/c1-7(8(2)3)5-4-6-9/h4-7H,1-3H3. The van der Waals surface area contributed by atoms with Gasteiger partial charge in [0.2, 0.25) is 0 Å². The minimum atomic E-state index is 0.343. The molecule has 52 valence electrons. The van der Waals surface area contributed by atoms with Gasteiger partial charge in [-0.1, -0.05) is 6.08 Å². The van der Waals surface area contributed by atoms with Gasteiger partial charge in [-0.25, -0.2) is 0 Å². The van der Waals surface area contributed by atoms with E-state index >= 15 is 0 Å². The van der Waals surface area contributed by atoms with E-state index in [1.807, 2.05) is 32.0 Å². The van der Waals surface area contributed by atoms with Crippen molar-refractivity contribution in [2.75, 3.05) is 14.1 Å². The van der Waals surface area contributed by atoms with E-state index in [2.05, 4.69) is 0 Å². The van der Waals surface area contributed by atoms with E-state index in [1.165, 1.54) is 6.08 Å². The van der Waals surface area contributed by atoms with Crippen LogP contribution in [0.4, 0.5) is 0 Å². The van der Waals surface area contributed by atoms with Gasteiger partial charge in [0.25, 0.3) is 0 Å². The molecule has 0 aliphatic heterocycles. The molecule has 0 spiro atoms. The van der Waals surface area contributed by atoms with Crippen LogP contribution in [0.2, 0.25) is 0 Å². The monoisotopic (exact) mass is 127 g/mol. The molecule has 1 atom stereocenters. The number of likely N-dealkylation sites (N-methyl/N-ethyl adjacent to an activating group) is 1. The van der Waals surface area contributed by atoms with E-state index in [9.17, 15) is 4.79 Å². The maximum atomic E-state index is 9.83. The summed E-state index contributed by atoms with van der Waals surface area (Å²) in [7, 11) is 3.94. The highest BCUT2D eigenvalue weighted by atomic mass is 16.1. The van der Waals surface area contributed by atoms with Crippen LogP contribution in [0, 0.1) is 0 Å². The zero-order valence-electron chi connectivity index (χ0n) is 6.16. The number of carbonyl (C=O) groups is 1. The second-order valence-corrected chi connectivity index (χ2v) is 2.23. The van der Waals surface area contributed by atoms with Crippen molar-refractivity contribution in [2.24, 2.45) is 0 Å². The molecule has 0 aliphatic carbocycles. The van der Waals surface area contributed by atoms with Crippen LogP contribution < -0.4 is 0 Å². The summed E-state index contributed by atoms with van der Waals surface area (Å²) in [6.07, 6.45) is 4.16. The molecule has 0 saturated heterocycles. The predicted molar refractivity (Wildman–Crippen MR) is 38.4 cm³/mol. The third kappa shape index (κ3) is 3.91. The number of nitrogens with zero attached hydrogens (tertiary/aromatic N) is 1. The maximum absolute atomic E-state index is 9.83. The number of hydrogen-bond acceptors (Lipinski definition) is 2. The molecule has 2 heteroatoms. The highest BCUT2D eigenvalue weighted by Crippen LogP contribution is 1.90. The van der Waals surface area contributed by atoms with Crippen LogP contribution in [0.1, 0.15) is 6.92 Å². The Morgan fingerprint density at radius 2 is 2.00 bits per heavy atom. The molecule has 0 amide bonds. The largest absolute Gasteiger partial charge is 0.303 e. The average Bonchev–Trinajstić information content (AvgIpc) is 1.82. The highest BCUT2D eigenvalue weighted by Gasteiger charge is 1.95. The van der Waals surface area contributed by atoms with Crippen LogP contribution in [0.3, 0.4) is 0 Å². The van der Waals surface area contributed by atoms with Crippen LogP contribution in [0.5, 0.6) is 0 Å². The van der Waals surface area contributed by atoms with Gasteiger partial charge < -0.3 is 4.90 Å². The number of carbonyl (C=O) groups excluding carboxylic acids is 1. The Balaban J connectivity index is 3.61. The topological polar surface area (TPSA) is 20.3 Å². The molecule has 0 heterocycles. The van der Waals surface area contributed by atoms with Crippen molar-refractivity contribution >= 4 is 6.29 Å². The van der Waals surface area contributed by atoms with Gasteiger partial charge in [-0.2, -0.15) is 0 Å². The summed E-state index contributed by atoms with van der Waals surface area (Å²) in [5.41, 5.74) is 0. The van der Waals surface area contributed by atoms with Gasteiger partial charge in [0.05, 0.1) is 0 Å². The summed E-state index contributed by atoms with van der Waals surface area (Å²) in [6, 6.07) is 0.343. The number of rotatable bonds is 3. The summed E-state index contributed by atoms with van der Waals surface area (Å²) in [5, 5.41) is 0. The number of hydrogen-bond donors (Lipinski definition) is 0. The molecule has 0 aliphatic rings. The van der Waals surface area contributed by atoms with Gasteiger partial charge in [0.15, 0.2) is 0 Å². The highest BCUT2D eigenvalue weighted by molar-refractivity contribution is 5.64. The van der Waals surface area contributed by atoms with Crippen molar-refractivity contribution in [1.29, 1.82) is 0 Å². The van der Waals surface area contributed by atoms with E-state index < -0.39 is 0 Å². The van der Waals surface area contributed by atoms with Crippen molar-refractivity contribution in [3.05, 3.63) is 12.2 Å². The molecule has 0 aromatic heterocycles. The maximum Gasteiger partial charge on any atom is 0.142 e. The second kappa shape index (κ2) is 4.27. The normalized spacial score (nSPS) is 14.7. The first-order valence-electron chi connectivity index (χ1n) is 2.97. The Hall–Kier alpha value is -0.630. The van der Waals surface area contributed by atoms with Crippen molar-refractivity contribution in [1.82, 2.24) is 4.90 Å². The fourth-order valence-electron chi connectivity index (χ4n) is 0.378. The van der Waals surface area contributed by atoms with Crippen LogP contribution in [0.25, 0.3) is 0 Å². The van der Waals surface area contributed by atoms with Crippen molar-refractivity contribution < 1.29 is 4.79 Å². The number of allylic oxidation sites excluding steroid dienone is 1. The molecule has 0 N–H and O–H groups in total. The lowest BCUT2D eigenvalue weighted by molar-refractivity contribution is -0.104. The predicted octanol–water partition coefficient (Wildman–Crippen LogP) is 0.692. The lowest BCUT2D eigenvalue weighted by Gasteiger charge is -2.14. The van der Waals surface area contributed by atoms with E-state index in [0.29, 0.717) is 6.04 Å². The molecule has 0 fully saturated rings. The van der Waals surface area contributed by atoms with Crippen LogP contribution in [0.15, 0.2) is 12.2 Å². The summed E-state index contributed by atoms with van der Waals surface area (Å²) >= 11 is 0. The molecule has 0 aromatic rings. The summed E-state index contributed by atoms with van der Waals surface area (Å²) in [4.78, 5) is 11.9. The molecule has 0 aromatic carbocycles. The third-order valence-electron chi connectivity index (χ3n) is 1.28. The Bertz CT molecular complexity index is 107. The molecule has 0 rings (SSSR count). The smallest absolute Gasteiger partial charge is 0.142 e. The Morgan fingerprint density at radius 1 is 1.44 bits per heavy atom. The third-order valence-corrected chi connectivity index (χ3v) is 1.28. The van der Waals surface area contributed by atoms with E-state index in [4.69, 9.17) is 0 Å². The van der Waals surface area contributed by atoms with Crippen LogP contribution >= 0.6 is 0 Å². The minimum absolute atomic E-state index is 0.343. The van der Waals surface area contributed by atoms with Gasteiger partial charge in [-0.15, -0.1) is 0 Å². The van der Waals surface area contributed by atoms with Gasteiger partial charge >= 0.3 is 0 Å². The summed E-state index contributed by atoms with van der Waals surface area (Å²) in [6.45, 7) is 2.03. The van der Waals surface area contributed by atoms with Gasteiger partial charge in [-0.05, 0) is 27.1 Å². The minimum Gasteiger partial charge on any atom is -0.303 e. The average molecular weight is 127 g/mol. The fraction of sp³-hybridized carbons (Fsp3) is 0.571. The Morgan fingerprint density at radius 3 is 2.33 bits per heavy atom. The van der Waals surface area contributed by atoms with E-state index in [0.717, 1.165) is 6.29 Å². The van der Waals surface area contributed by atoms with Crippen molar-refractivity contribution in [3.63, 3.8) is 0 Å². The van der Waals surface area contributed by atoms with Crippen LogP contribution in [-0.2, 0) is 4.79 Å². The molecular formula is C7H13NO. The molecular weight excluding hydrogens is 114 g/mol. The number of aldehydes is 1. The van der Waals surface area contributed by atoms with Crippen LogP contribution in [-0.4, -0.2) is 31.3 Å². The molecule has 0 radical (unpaired) electrons. The molecule has 0 saturated carbocycles. The first-order chi connectivity index (χ1) is 4.18.